The highest BCUT2D eigenvalue weighted by Gasteiger charge is 2.44. The number of aromatic nitrogens is 2. The molecule has 1 atom stereocenters. The van der Waals surface area contributed by atoms with Crippen molar-refractivity contribution in [3.8, 4) is 5.88 Å². The predicted octanol–water partition coefficient (Wildman–Crippen LogP) is 3.41. The van der Waals surface area contributed by atoms with E-state index in [4.69, 9.17) is 4.74 Å². The largest absolute Gasteiger partial charge is 0.474 e. The van der Waals surface area contributed by atoms with Gasteiger partial charge in [-0.2, -0.15) is 0 Å². The molecule has 0 saturated carbocycles. The van der Waals surface area contributed by atoms with Crippen molar-refractivity contribution in [1.82, 2.24) is 19.8 Å². The maximum Gasteiger partial charge on any atom is 0.408 e. The van der Waals surface area contributed by atoms with Gasteiger partial charge in [-0.05, 0) is 37.0 Å². The summed E-state index contributed by atoms with van der Waals surface area (Å²) in [5.41, 5.74) is -1.45. The van der Waals surface area contributed by atoms with Crippen LogP contribution in [0.25, 0.3) is 0 Å². The number of amides is 1. The molecule has 12 heteroatoms. The van der Waals surface area contributed by atoms with E-state index < -0.39 is 30.6 Å². The Balaban J connectivity index is 1.20. The molecular formula is C25H33BF3N5O3. The Morgan fingerprint density at radius 3 is 2.62 bits per heavy atom. The Hall–Kier alpha value is -2.86. The number of carbonyl (C=O) groups excluding carboxylic acids is 1. The number of nitrogens with one attached hydrogen (secondary N) is 1. The summed E-state index contributed by atoms with van der Waals surface area (Å²) in [5, 5.41) is 12.2. The van der Waals surface area contributed by atoms with Crippen molar-refractivity contribution in [2.24, 2.45) is 0 Å². The summed E-state index contributed by atoms with van der Waals surface area (Å²) in [6.45, 7) is 3.56. The zero-order chi connectivity index (χ0) is 26.4. The molecule has 4 rings (SSSR count). The number of ether oxygens (including phenoxy) is 1. The average molecular weight is 519 g/mol. The molecule has 2 aromatic rings. The summed E-state index contributed by atoms with van der Waals surface area (Å²) < 4.78 is 49.2. The van der Waals surface area contributed by atoms with E-state index in [0.29, 0.717) is 62.8 Å². The molecule has 2 aromatic heterocycles. The minimum absolute atomic E-state index is 0.0798. The topological polar surface area (TPSA) is 90.8 Å². The summed E-state index contributed by atoms with van der Waals surface area (Å²) >= 11 is 0. The highest BCUT2D eigenvalue weighted by molar-refractivity contribution is 6.52. The summed E-state index contributed by atoms with van der Waals surface area (Å²) in [6.07, 6.45) is 2.70. The normalized spacial score (nSPS) is 19.3. The fourth-order valence-corrected chi connectivity index (χ4v) is 4.81. The second-order valence-corrected chi connectivity index (χ2v) is 9.78. The van der Waals surface area contributed by atoms with E-state index in [1.165, 1.54) is 18.3 Å². The maximum atomic E-state index is 15.6. The van der Waals surface area contributed by atoms with Crippen molar-refractivity contribution >= 4 is 18.8 Å². The fraction of sp³-hybridized carbons (Fsp3) is 0.560. The molecule has 0 spiro atoms. The third-order valence-electron chi connectivity index (χ3n) is 6.95. The van der Waals surface area contributed by atoms with Crippen molar-refractivity contribution in [3.05, 3.63) is 48.0 Å². The highest BCUT2D eigenvalue weighted by Crippen LogP contribution is 2.31. The first-order valence-electron chi connectivity index (χ1n) is 12.8. The van der Waals surface area contributed by atoms with Crippen LogP contribution in [0.15, 0.2) is 36.7 Å². The van der Waals surface area contributed by atoms with Crippen molar-refractivity contribution < 1.29 is 27.7 Å². The van der Waals surface area contributed by atoms with E-state index in [0.717, 1.165) is 6.20 Å². The highest BCUT2D eigenvalue weighted by atomic mass is 19.1. The first kappa shape index (κ1) is 27.2. The second kappa shape index (κ2) is 12.1. The number of pyridine rings is 2. The molecule has 0 bridgehead atoms. The molecule has 0 aromatic carbocycles. The van der Waals surface area contributed by atoms with Crippen LogP contribution < -0.4 is 9.96 Å². The smallest absolute Gasteiger partial charge is 0.408 e. The number of carbonyl (C=O) groups is 1. The molecular weight excluding hydrogens is 486 g/mol. The first-order chi connectivity index (χ1) is 17.7. The van der Waals surface area contributed by atoms with Crippen molar-refractivity contribution in [1.29, 1.82) is 0 Å². The number of piperidine rings is 2. The molecule has 2 N–H and O–H groups in total. The van der Waals surface area contributed by atoms with Gasteiger partial charge in [0.1, 0.15) is 23.9 Å². The number of alkyl halides is 2. The second-order valence-electron chi connectivity index (χ2n) is 9.78. The standard InChI is InChI=1S/C25H33BF3N5O3/c1-26(36)32-22-16-18(4-10-30-22)21(28)7-11-33-14-8-25(29,9-15-33)24(35)34-12-5-20(6-13-34)37-23-3-2-19(27)17-31-23/h2-4,10,16-17,20-21,36H,5-9,11-15H2,1H3,(H,30,32). The van der Waals surface area contributed by atoms with E-state index in [9.17, 15) is 18.6 Å². The van der Waals surface area contributed by atoms with Gasteiger partial charge in [0.15, 0.2) is 5.67 Å². The zero-order valence-corrected chi connectivity index (χ0v) is 21.0. The molecule has 0 radical (unpaired) electrons. The maximum absolute atomic E-state index is 15.6. The zero-order valence-electron chi connectivity index (χ0n) is 21.0. The summed E-state index contributed by atoms with van der Waals surface area (Å²) in [5.74, 6) is -0.192. The quantitative estimate of drug-likeness (QED) is 0.491. The lowest BCUT2D eigenvalue weighted by Crippen LogP contribution is -2.54. The van der Waals surface area contributed by atoms with E-state index in [2.05, 4.69) is 15.2 Å². The summed E-state index contributed by atoms with van der Waals surface area (Å²) in [6, 6.07) is 5.92. The first-order valence-corrected chi connectivity index (χ1v) is 12.8. The van der Waals surface area contributed by atoms with Crippen molar-refractivity contribution in [2.45, 2.75) is 56.9 Å². The van der Waals surface area contributed by atoms with Gasteiger partial charge in [0, 0.05) is 70.7 Å². The molecule has 2 aliphatic heterocycles. The molecule has 1 amide bonds. The number of hydrogen-bond donors (Lipinski definition) is 2. The van der Waals surface area contributed by atoms with Crippen LogP contribution in [0.1, 0.15) is 43.8 Å². The Labute approximate surface area is 215 Å². The van der Waals surface area contributed by atoms with Gasteiger partial charge in [-0.15, -0.1) is 0 Å². The molecule has 0 aliphatic carbocycles. The Morgan fingerprint density at radius 1 is 1.24 bits per heavy atom. The molecule has 2 aliphatic rings. The number of anilines is 1. The van der Waals surface area contributed by atoms with Gasteiger partial charge in [0.25, 0.3) is 5.91 Å². The van der Waals surface area contributed by atoms with Gasteiger partial charge in [0.2, 0.25) is 5.88 Å². The number of likely N-dealkylation sites (tertiary alicyclic amines) is 2. The fourth-order valence-electron chi connectivity index (χ4n) is 4.81. The Morgan fingerprint density at radius 2 is 1.97 bits per heavy atom. The van der Waals surface area contributed by atoms with Crippen LogP contribution in [0, 0.1) is 5.82 Å². The molecule has 200 valence electrons. The molecule has 1 unspecified atom stereocenters. The lowest BCUT2D eigenvalue weighted by molar-refractivity contribution is -0.149. The lowest BCUT2D eigenvalue weighted by atomic mass is 9.89. The van der Waals surface area contributed by atoms with E-state index in [-0.39, 0.29) is 25.4 Å². The number of nitrogens with zero attached hydrogens (tertiary/aromatic N) is 4. The predicted molar refractivity (Wildman–Crippen MR) is 134 cm³/mol. The Bertz CT molecular complexity index is 1030. The van der Waals surface area contributed by atoms with Gasteiger partial charge in [-0.3, -0.25) is 4.79 Å². The van der Waals surface area contributed by atoms with Gasteiger partial charge in [0.05, 0.1) is 6.20 Å². The molecule has 8 nitrogen and oxygen atoms in total. The van der Waals surface area contributed by atoms with Crippen LogP contribution in [0.5, 0.6) is 5.88 Å². The molecule has 4 heterocycles. The van der Waals surface area contributed by atoms with Crippen LogP contribution in [-0.2, 0) is 4.79 Å². The molecule has 2 fully saturated rings. The monoisotopic (exact) mass is 519 g/mol. The van der Waals surface area contributed by atoms with Crippen molar-refractivity contribution in [3.63, 3.8) is 0 Å². The third kappa shape index (κ3) is 7.35. The van der Waals surface area contributed by atoms with E-state index >= 15 is 4.39 Å². The summed E-state index contributed by atoms with van der Waals surface area (Å²) in [7, 11) is -0.795. The SMILES string of the molecule is CB(O)Nc1cc(C(F)CCN2CCC(F)(C(=O)N3CCC(Oc4ccc(F)cn4)CC3)CC2)ccn1. The van der Waals surface area contributed by atoms with E-state index in [1.54, 1.807) is 23.9 Å². The number of halogens is 3. The van der Waals surface area contributed by atoms with Gasteiger partial charge in [-0.25, -0.2) is 23.1 Å². The average Bonchev–Trinajstić information content (AvgIpc) is 2.89. The Kier molecular flexibility index (Phi) is 8.91. The van der Waals surface area contributed by atoms with Gasteiger partial charge in [-0.1, -0.05) is 0 Å². The number of hydrogen-bond acceptors (Lipinski definition) is 7. The van der Waals surface area contributed by atoms with Crippen LogP contribution in [0.2, 0.25) is 6.82 Å². The van der Waals surface area contributed by atoms with Gasteiger partial charge < -0.3 is 24.8 Å². The minimum Gasteiger partial charge on any atom is -0.474 e. The van der Waals surface area contributed by atoms with E-state index in [1.807, 2.05) is 4.90 Å². The van der Waals surface area contributed by atoms with Crippen LogP contribution in [0.4, 0.5) is 19.0 Å². The molecule has 37 heavy (non-hydrogen) atoms. The molecule has 2 saturated heterocycles. The summed E-state index contributed by atoms with van der Waals surface area (Å²) in [4.78, 5) is 24.5. The van der Waals surface area contributed by atoms with Crippen LogP contribution in [0.3, 0.4) is 0 Å². The number of rotatable bonds is 9. The van der Waals surface area contributed by atoms with Crippen LogP contribution in [-0.4, -0.2) is 82.2 Å². The lowest BCUT2D eigenvalue weighted by Gasteiger charge is -2.40. The minimum atomic E-state index is -1.91. The third-order valence-corrected chi connectivity index (χ3v) is 6.95. The van der Waals surface area contributed by atoms with Gasteiger partial charge >= 0.3 is 7.05 Å². The van der Waals surface area contributed by atoms with Crippen molar-refractivity contribution in [2.75, 3.05) is 38.0 Å². The van der Waals surface area contributed by atoms with Crippen LogP contribution >= 0.6 is 0 Å².